The molecule has 0 unspecified atom stereocenters. The van der Waals surface area contributed by atoms with Gasteiger partial charge in [0.25, 0.3) is 0 Å². The lowest BCUT2D eigenvalue weighted by Crippen LogP contribution is -2.41. The van der Waals surface area contributed by atoms with Gasteiger partial charge in [0.15, 0.2) is 0 Å². The van der Waals surface area contributed by atoms with Crippen LogP contribution in [-0.4, -0.2) is 47.5 Å². The van der Waals surface area contributed by atoms with Crippen molar-refractivity contribution in [1.82, 2.24) is 9.97 Å². The molecule has 0 aliphatic carbocycles. The summed E-state index contributed by atoms with van der Waals surface area (Å²) in [5.74, 6) is -0.255. The summed E-state index contributed by atoms with van der Waals surface area (Å²) in [4.78, 5) is 20.8. The first-order valence-electron chi connectivity index (χ1n) is 9.78. The van der Waals surface area contributed by atoms with Crippen molar-refractivity contribution in [3.63, 3.8) is 0 Å². The van der Waals surface area contributed by atoms with Gasteiger partial charge in [-0.15, -0.1) is 0 Å². The summed E-state index contributed by atoms with van der Waals surface area (Å²) in [6.45, 7) is 10.3. The van der Waals surface area contributed by atoms with Crippen molar-refractivity contribution in [1.29, 1.82) is 0 Å². The van der Waals surface area contributed by atoms with E-state index in [0.717, 1.165) is 5.56 Å². The Kier molecular flexibility index (Phi) is 6.24. The van der Waals surface area contributed by atoms with E-state index in [2.05, 4.69) is 9.97 Å². The van der Waals surface area contributed by atoms with E-state index in [9.17, 15) is 4.79 Å². The zero-order chi connectivity index (χ0) is 21.1. The van der Waals surface area contributed by atoms with Gasteiger partial charge in [-0.05, 0) is 58.4 Å². The maximum absolute atomic E-state index is 12.5. The molecule has 0 aromatic carbocycles. The summed E-state index contributed by atoms with van der Waals surface area (Å²) in [5, 5.41) is 0. The monoisotopic (exact) mass is 398 g/mol. The summed E-state index contributed by atoms with van der Waals surface area (Å²) in [5.41, 5.74) is 1.02. The molecule has 2 aromatic rings. The summed E-state index contributed by atoms with van der Waals surface area (Å²) in [6, 6.07) is 5.52. The zero-order valence-corrected chi connectivity index (χ0v) is 17.6. The molecular formula is C21H27BN2O5. The molecule has 1 fully saturated rings. The fraction of sp³-hybridized carbons (Fsp3) is 0.476. The molecule has 3 rings (SSSR count). The van der Waals surface area contributed by atoms with Crippen molar-refractivity contribution < 1.29 is 23.6 Å². The molecule has 0 N–H and O–H groups in total. The Morgan fingerprint density at radius 1 is 1.14 bits per heavy atom. The molecule has 0 amide bonds. The summed E-state index contributed by atoms with van der Waals surface area (Å²) >= 11 is 0. The molecule has 0 radical (unpaired) electrons. The summed E-state index contributed by atoms with van der Waals surface area (Å²) in [7, 11) is -0.619. The van der Waals surface area contributed by atoms with E-state index in [4.69, 9.17) is 18.8 Å². The smallest absolute Gasteiger partial charge is 0.477 e. The Morgan fingerprint density at radius 2 is 1.79 bits per heavy atom. The minimum Gasteiger partial charge on any atom is -0.477 e. The van der Waals surface area contributed by atoms with Gasteiger partial charge >= 0.3 is 13.1 Å². The summed E-state index contributed by atoms with van der Waals surface area (Å²) in [6.07, 6.45) is 5.76. The average Bonchev–Trinajstić information content (AvgIpc) is 2.90. The SMILES string of the molecule is CCOC(=O)c1cc(B2OC(C)(C)C(C)(C)O2)cnc1OCCc1ccncc1. The number of hydrogen-bond acceptors (Lipinski definition) is 7. The number of esters is 1. The number of pyridine rings is 2. The van der Waals surface area contributed by atoms with Gasteiger partial charge in [-0.1, -0.05) is 0 Å². The van der Waals surface area contributed by atoms with Gasteiger partial charge in [0, 0.05) is 30.5 Å². The second kappa shape index (κ2) is 8.51. The molecule has 1 saturated heterocycles. The fourth-order valence-electron chi connectivity index (χ4n) is 2.86. The van der Waals surface area contributed by atoms with Crippen molar-refractivity contribution in [2.75, 3.05) is 13.2 Å². The number of aromatic nitrogens is 2. The molecule has 2 aromatic heterocycles. The van der Waals surface area contributed by atoms with Crippen LogP contribution < -0.4 is 10.2 Å². The summed E-state index contributed by atoms with van der Waals surface area (Å²) < 4.78 is 23.1. The van der Waals surface area contributed by atoms with Crippen LogP contribution in [-0.2, 0) is 20.5 Å². The van der Waals surface area contributed by atoms with Crippen molar-refractivity contribution in [2.24, 2.45) is 0 Å². The van der Waals surface area contributed by atoms with Gasteiger partial charge in [-0.25, -0.2) is 9.78 Å². The number of hydrogen-bond donors (Lipinski definition) is 0. The van der Waals surface area contributed by atoms with E-state index in [1.54, 1.807) is 31.6 Å². The Bertz CT molecular complexity index is 841. The van der Waals surface area contributed by atoms with Crippen LogP contribution in [0.3, 0.4) is 0 Å². The van der Waals surface area contributed by atoms with Crippen LogP contribution in [0, 0.1) is 0 Å². The van der Waals surface area contributed by atoms with Gasteiger partial charge in [0.1, 0.15) is 5.56 Å². The Labute approximate surface area is 171 Å². The highest BCUT2D eigenvalue weighted by Gasteiger charge is 2.52. The van der Waals surface area contributed by atoms with E-state index >= 15 is 0 Å². The lowest BCUT2D eigenvalue weighted by Gasteiger charge is -2.32. The van der Waals surface area contributed by atoms with Gasteiger partial charge in [-0.2, -0.15) is 0 Å². The number of rotatable bonds is 7. The van der Waals surface area contributed by atoms with Gasteiger partial charge in [0.05, 0.1) is 24.4 Å². The van der Waals surface area contributed by atoms with Crippen LogP contribution in [0.5, 0.6) is 5.88 Å². The van der Waals surface area contributed by atoms with Crippen molar-refractivity contribution in [2.45, 2.75) is 52.2 Å². The van der Waals surface area contributed by atoms with Crippen molar-refractivity contribution in [3.05, 3.63) is 47.9 Å². The number of carbonyl (C=O) groups is 1. The van der Waals surface area contributed by atoms with E-state index in [1.165, 1.54) is 0 Å². The number of carbonyl (C=O) groups excluding carboxylic acids is 1. The minimum absolute atomic E-state index is 0.234. The highest BCUT2D eigenvalue weighted by molar-refractivity contribution is 6.62. The first-order chi connectivity index (χ1) is 13.7. The van der Waals surface area contributed by atoms with E-state index < -0.39 is 24.3 Å². The lowest BCUT2D eigenvalue weighted by molar-refractivity contribution is 0.00578. The average molecular weight is 398 g/mol. The number of nitrogens with zero attached hydrogens (tertiary/aromatic N) is 2. The molecule has 154 valence electrons. The van der Waals surface area contributed by atoms with Crippen molar-refractivity contribution >= 4 is 18.6 Å². The van der Waals surface area contributed by atoms with Crippen LogP contribution in [0.4, 0.5) is 0 Å². The molecule has 7 nitrogen and oxygen atoms in total. The Balaban J connectivity index is 1.79. The van der Waals surface area contributed by atoms with Crippen LogP contribution in [0.15, 0.2) is 36.8 Å². The van der Waals surface area contributed by atoms with Gasteiger partial charge in [0.2, 0.25) is 5.88 Å². The molecular weight excluding hydrogens is 371 g/mol. The van der Waals surface area contributed by atoms with E-state index in [0.29, 0.717) is 18.5 Å². The molecule has 29 heavy (non-hydrogen) atoms. The standard InChI is InChI=1S/C21H27BN2O5/c1-6-26-19(25)17-13-16(22-28-20(2,3)21(4,5)29-22)14-24-18(17)27-12-9-15-7-10-23-11-8-15/h7-8,10-11,13-14H,6,9,12H2,1-5H3. The Morgan fingerprint density at radius 3 is 2.41 bits per heavy atom. The fourth-order valence-corrected chi connectivity index (χ4v) is 2.86. The molecule has 0 saturated carbocycles. The maximum atomic E-state index is 12.5. The molecule has 1 aliphatic rings. The van der Waals surface area contributed by atoms with Crippen LogP contribution in [0.1, 0.15) is 50.5 Å². The second-order valence-corrected chi connectivity index (χ2v) is 7.88. The third-order valence-electron chi connectivity index (χ3n) is 5.27. The highest BCUT2D eigenvalue weighted by atomic mass is 16.7. The molecule has 3 heterocycles. The van der Waals surface area contributed by atoms with Crippen LogP contribution in [0.2, 0.25) is 0 Å². The maximum Gasteiger partial charge on any atom is 0.496 e. The molecule has 8 heteroatoms. The minimum atomic E-state index is -0.619. The van der Waals surface area contributed by atoms with Gasteiger partial charge in [-0.3, -0.25) is 4.98 Å². The highest BCUT2D eigenvalue weighted by Crippen LogP contribution is 2.36. The van der Waals surface area contributed by atoms with Crippen LogP contribution in [0.25, 0.3) is 0 Å². The van der Waals surface area contributed by atoms with Gasteiger partial charge < -0.3 is 18.8 Å². The third kappa shape index (κ3) is 4.76. The van der Waals surface area contributed by atoms with E-state index in [1.807, 2.05) is 39.8 Å². The largest absolute Gasteiger partial charge is 0.496 e. The van der Waals surface area contributed by atoms with Crippen molar-refractivity contribution in [3.8, 4) is 5.88 Å². The zero-order valence-electron chi connectivity index (χ0n) is 17.6. The quantitative estimate of drug-likeness (QED) is 0.524. The first kappa shape index (κ1) is 21.3. The molecule has 0 spiro atoms. The third-order valence-corrected chi connectivity index (χ3v) is 5.27. The molecule has 0 atom stereocenters. The van der Waals surface area contributed by atoms with Crippen LogP contribution >= 0.6 is 0 Å². The topological polar surface area (TPSA) is 79.8 Å². The molecule has 0 bridgehead atoms. The second-order valence-electron chi connectivity index (χ2n) is 7.88. The predicted octanol–water partition coefficient (Wildman–Crippen LogP) is 2.57. The number of ether oxygens (including phenoxy) is 2. The molecule has 1 aliphatic heterocycles. The first-order valence-corrected chi connectivity index (χ1v) is 9.78. The predicted molar refractivity (Wildman–Crippen MR) is 109 cm³/mol. The van der Waals surface area contributed by atoms with E-state index in [-0.39, 0.29) is 18.1 Å². The normalized spacial score (nSPS) is 17.2. The lowest BCUT2D eigenvalue weighted by atomic mass is 9.79. The Hall–Kier alpha value is -2.45.